The highest BCUT2D eigenvalue weighted by atomic mass is 16.1. The van der Waals surface area contributed by atoms with Gasteiger partial charge in [0.2, 0.25) is 0 Å². The third kappa shape index (κ3) is 2.82. The third-order valence-corrected chi connectivity index (χ3v) is 3.49. The number of anilines is 1. The second-order valence-electron chi connectivity index (χ2n) is 5.00. The summed E-state index contributed by atoms with van der Waals surface area (Å²) in [5.41, 5.74) is 2.80. The number of likely N-dealkylation sites (N-methyl/N-ethyl adjacent to an activating group) is 1. The quantitative estimate of drug-likeness (QED) is 0.850. The number of nitrogens with one attached hydrogen (secondary N) is 2. The van der Waals surface area contributed by atoms with E-state index < -0.39 is 0 Å². The maximum Gasteiger partial charge on any atom is 0.251 e. The molecule has 0 bridgehead atoms. The minimum Gasteiger partial charge on any atom is -0.388 e. The molecule has 18 heavy (non-hydrogen) atoms. The van der Waals surface area contributed by atoms with Gasteiger partial charge in [0.05, 0.1) is 0 Å². The van der Waals surface area contributed by atoms with E-state index in [1.165, 1.54) is 0 Å². The Labute approximate surface area is 108 Å². The minimum absolute atomic E-state index is 0.0375. The predicted octanol–water partition coefficient (Wildman–Crippen LogP) is 1.47. The van der Waals surface area contributed by atoms with Crippen molar-refractivity contribution >= 4 is 11.6 Å². The molecule has 1 aliphatic heterocycles. The SMILES string of the molecule is CNc1ccc(C(=O)NC2CCN(C)C2)c(C)c1. The summed E-state index contributed by atoms with van der Waals surface area (Å²) in [4.78, 5) is 14.4. The number of likely N-dealkylation sites (tertiary alicyclic amines) is 1. The predicted molar refractivity (Wildman–Crippen MR) is 74.1 cm³/mol. The van der Waals surface area contributed by atoms with Gasteiger partial charge in [-0.25, -0.2) is 0 Å². The van der Waals surface area contributed by atoms with Crippen molar-refractivity contribution in [2.75, 3.05) is 32.5 Å². The maximum atomic E-state index is 12.2. The van der Waals surface area contributed by atoms with Crippen LogP contribution in [-0.4, -0.2) is 44.0 Å². The molecule has 1 unspecified atom stereocenters. The van der Waals surface area contributed by atoms with E-state index in [2.05, 4.69) is 22.6 Å². The number of carbonyl (C=O) groups excluding carboxylic acids is 1. The van der Waals surface area contributed by atoms with Gasteiger partial charge < -0.3 is 15.5 Å². The molecule has 1 amide bonds. The fraction of sp³-hybridized carbons (Fsp3) is 0.500. The lowest BCUT2D eigenvalue weighted by atomic mass is 10.1. The molecule has 1 fully saturated rings. The molecule has 0 radical (unpaired) electrons. The van der Waals surface area contributed by atoms with E-state index in [-0.39, 0.29) is 11.9 Å². The first-order valence-corrected chi connectivity index (χ1v) is 6.38. The average molecular weight is 247 g/mol. The second kappa shape index (κ2) is 5.40. The molecule has 1 aromatic rings. The molecule has 1 aliphatic rings. The molecule has 4 heteroatoms. The lowest BCUT2D eigenvalue weighted by Gasteiger charge is -2.14. The number of carbonyl (C=O) groups is 1. The largest absolute Gasteiger partial charge is 0.388 e. The zero-order chi connectivity index (χ0) is 13.1. The van der Waals surface area contributed by atoms with Crippen molar-refractivity contribution in [2.24, 2.45) is 0 Å². The van der Waals surface area contributed by atoms with E-state index >= 15 is 0 Å². The number of nitrogens with zero attached hydrogens (tertiary/aromatic N) is 1. The van der Waals surface area contributed by atoms with Crippen molar-refractivity contribution in [3.05, 3.63) is 29.3 Å². The highest BCUT2D eigenvalue weighted by Crippen LogP contribution is 2.15. The molecule has 2 N–H and O–H groups in total. The number of aryl methyl sites for hydroxylation is 1. The van der Waals surface area contributed by atoms with Gasteiger partial charge in [-0.15, -0.1) is 0 Å². The van der Waals surface area contributed by atoms with Gasteiger partial charge in [0.25, 0.3) is 5.91 Å². The molecule has 0 spiro atoms. The zero-order valence-corrected chi connectivity index (χ0v) is 11.3. The van der Waals surface area contributed by atoms with Crippen LogP contribution in [0.25, 0.3) is 0 Å². The number of rotatable bonds is 3. The van der Waals surface area contributed by atoms with Gasteiger partial charge in [-0.1, -0.05) is 0 Å². The van der Waals surface area contributed by atoms with Crippen molar-refractivity contribution in [3.63, 3.8) is 0 Å². The lowest BCUT2D eigenvalue weighted by Crippen LogP contribution is -2.36. The van der Waals surface area contributed by atoms with Crippen LogP contribution in [0.4, 0.5) is 5.69 Å². The highest BCUT2D eigenvalue weighted by molar-refractivity contribution is 5.96. The molecule has 2 rings (SSSR count). The average Bonchev–Trinajstić information content (AvgIpc) is 2.74. The first kappa shape index (κ1) is 12.9. The summed E-state index contributed by atoms with van der Waals surface area (Å²) < 4.78 is 0. The molecule has 4 nitrogen and oxygen atoms in total. The highest BCUT2D eigenvalue weighted by Gasteiger charge is 2.22. The Morgan fingerprint density at radius 1 is 1.44 bits per heavy atom. The van der Waals surface area contributed by atoms with Crippen LogP contribution in [0, 0.1) is 6.92 Å². The van der Waals surface area contributed by atoms with E-state index in [4.69, 9.17) is 0 Å². The van der Waals surface area contributed by atoms with Gasteiger partial charge in [-0.05, 0) is 50.7 Å². The monoisotopic (exact) mass is 247 g/mol. The van der Waals surface area contributed by atoms with E-state index in [1.54, 1.807) is 0 Å². The van der Waals surface area contributed by atoms with Crippen LogP contribution in [0.5, 0.6) is 0 Å². The summed E-state index contributed by atoms with van der Waals surface area (Å²) in [5, 5.41) is 6.18. The van der Waals surface area contributed by atoms with Crippen LogP contribution in [0.1, 0.15) is 22.3 Å². The van der Waals surface area contributed by atoms with Crippen molar-refractivity contribution < 1.29 is 4.79 Å². The summed E-state index contributed by atoms with van der Waals surface area (Å²) in [7, 11) is 3.96. The van der Waals surface area contributed by atoms with Crippen LogP contribution in [0.2, 0.25) is 0 Å². The number of hydrogen-bond donors (Lipinski definition) is 2. The zero-order valence-electron chi connectivity index (χ0n) is 11.3. The third-order valence-electron chi connectivity index (χ3n) is 3.49. The smallest absolute Gasteiger partial charge is 0.251 e. The fourth-order valence-corrected chi connectivity index (χ4v) is 2.39. The van der Waals surface area contributed by atoms with Crippen LogP contribution >= 0.6 is 0 Å². The van der Waals surface area contributed by atoms with E-state index in [1.807, 2.05) is 32.2 Å². The maximum absolute atomic E-state index is 12.2. The molecule has 0 aromatic heterocycles. The molecular formula is C14H21N3O. The standard InChI is InChI=1S/C14H21N3O/c1-10-8-11(15-2)4-5-13(10)14(18)16-12-6-7-17(3)9-12/h4-5,8,12,15H,6-7,9H2,1-3H3,(H,16,18). The molecule has 0 aliphatic carbocycles. The molecule has 98 valence electrons. The lowest BCUT2D eigenvalue weighted by molar-refractivity contribution is 0.0938. The summed E-state index contributed by atoms with van der Waals surface area (Å²) in [6.45, 7) is 3.97. The molecular weight excluding hydrogens is 226 g/mol. The van der Waals surface area contributed by atoms with Gasteiger partial charge in [0.1, 0.15) is 0 Å². The van der Waals surface area contributed by atoms with Gasteiger partial charge >= 0.3 is 0 Å². The minimum atomic E-state index is 0.0375. The summed E-state index contributed by atoms with van der Waals surface area (Å²) in [6.07, 6.45) is 1.04. The van der Waals surface area contributed by atoms with E-state index in [9.17, 15) is 4.79 Å². The van der Waals surface area contributed by atoms with Crippen LogP contribution < -0.4 is 10.6 Å². The summed E-state index contributed by atoms with van der Waals surface area (Å²) in [6, 6.07) is 6.10. The van der Waals surface area contributed by atoms with E-state index in [0.717, 1.165) is 36.3 Å². The second-order valence-corrected chi connectivity index (χ2v) is 5.00. The molecule has 1 saturated heterocycles. The van der Waals surface area contributed by atoms with E-state index in [0.29, 0.717) is 0 Å². The number of hydrogen-bond acceptors (Lipinski definition) is 3. The fourth-order valence-electron chi connectivity index (χ4n) is 2.39. The molecule has 0 saturated carbocycles. The van der Waals surface area contributed by atoms with Crippen molar-refractivity contribution in [1.82, 2.24) is 10.2 Å². The first-order valence-electron chi connectivity index (χ1n) is 6.38. The number of benzene rings is 1. The Morgan fingerprint density at radius 2 is 2.22 bits per heavy atom. The summed E-state index contributed by atoms with van der Waals surface area (Å²) >= 11 is 0. The van der Waals surface area contributed by atoms with Gasteiger partial charge in [0, 0.05) is 30.9 Å². The van der Waals surface area contributed by atoms with Gasteiger partial charge in [-0.3, -0.25) is 4.79 Å². The molecule has 1 heterocycles. The van der Waals surface area contributed by atoms with Crippen molar-refractivity contribution in [2.45, 2.75) is 19.4 Å². The Bertz CT molecular complexity index is 445. The van der Waals surface area contributed by atoms with Gasteiger partial charge in [0.15, 0.2) is 0 Å². The molecule has 1 aromatic carbocycles. The normalized spacial score (nSPS) is 19.8. The van der Waals surface area contributed by atoms with Crippen LogP contribution in [0.15, 0.2) is 18.2 Å². The Balaban J connectivity index is 2.04. The Kier molecular flexibility index (Phi) is 3.87. The van der Waals surface area contributed by atoms with Crippen molar-refractivity contribution in [1.29, 1.82) is 0 Å². The molecule has 1 atom stereocenters. The van der Waals surface area contributed by atoms with Gasteiger partial charge in [-0.2, -0.15) is 0 Å². The Hall–Kier alpha value is -1.55. The van der Waals surface area contributed by atoms with Crippen LogP contribution in [0.3, 0.4) is 0 Å². The summed E-state index contributed by atoms with van der Waals surface area (Å²) in [5.74, 6) is 0.0375. The van der Waals surface area contributed by atoms with Crippen LogP contribution in [-0.2, 0) is 0 Å². The topological polar surface area (TPSA) is 44.4 Å². The van der Waals surface area contributed by atoms with Crippen molar-refractivity contribution in [3.8, 4) is 0 Å². The first-order chi connectivity index (χ1) is 8.60. The Morgan fingerprint density at radius 3 is 2.78 bits per heavy atom. The number of amides is 1.